The highest BCUT2D eigenvalue weighted by atomic mass is 16.5. The van der Waals surface area contributed by atoms with Crippen LogP contribution in [0.25, 0.3) is 0 Å². The summed E-state index contributed by atoms with van der Waals surface area (Å²) in [5.41, 5.74) is 3.69. The second kappa shape index (κ2) is 3.32. The predicted octanol–water partition coefficient (Wildman–Crippen LogP) is -0.540. The summed E-state index contributed by atoms with van der Waals surface area (Å²) in [5.74, 6) is 0.623. The molecule has 0 aromatic carbocycles. The molecule has 0 bridgehead atoms. The summed E-state index contributed by atoms with van der Waals surface area (Å²) in [6.45, 7) is 2.23. The van der Waals surface area contributed by atoms with Gasteiger partial charge in [0.05, 0.1) is 6.20 Å². The van der Waals surface area contributed by atoms with Gasteiger partial charge in [0.1, 0.15) is 12.6 Å². The van der Waals surface area contributed by atoms with E-state index in [1.165, 1.54) is 11.1 Å². The van der Waals surface area contributed by atoms with Crippen molar-refractivity contribution in [3.05, 3.63) is 23.8 Å². The maximum Gasteiger partial charge on any atom is 0.269 e. The number of carbonyl (C=O) groups excluding carboxylic acids is 1. The standard InChI is InChI=1S/C8H12N4O2/c1-6-3-8(13)12-7(9-6)4-11(10-12)5-14-2/h3-4,9-10H,5H2,1-2H3. The molecule has 0 radical (unpaired) electrons. The highest BCUT2D eigenvalue weighted by Gasteiger charge is 2.28. The van der Waals surface area contributed by atoms with Gasteiger partial charge in [0.25, 0.3) is 5.91 Å². The van der Waals surface area contributed by atoms with Crippen LogP contribution >= 0.6 is 0 Å². The fraction of sp³-hybridized carbons (Fsp3) is 0.375. The number of nitrogens with zero attached hydrogens (tertiary/aromatic N) is 2. The lowest BCUT2D eigenvalue weighted by atomic mass is 10.3. The summed E-state index contributed by atoms with van der Waals surface area (Å²) in [5, 5.41) is 6.16. The lowest BCUT2D eigenvalue weighted by Crippen LogP contribution is -2.47. The molecule has 0 aromatic rings. The normalized spacial score (nSPS) is 20.3. The van der Waals surface area contributed by atoms with Crippen LogP contribution < -0.4 is 10.9 Å². The largest absolute Gasteiger partial charge is 0.363 e. The minimum absolute atomic E-state index is 0.0916. The molecule has 0 atom stereocenters. The number of rotatable bonds is 2. The zero-order chi connectivity index (χ0) is 10.1. The molecule has 0 aromatic heterocycles. The second-order valence-electron chi connectivity index (χ2n) is 3.13. The average molecular weight is 196 g/mol. The van der Waals surface area contributed by atoms with E-state index in [-0.39, 0.29) is 5.91 Å². The molecule has 2 aliphatic rings. The van der Waals surface area contributed by atoms with Gasteiger partial charge in [-0.25, -0.2) is 5.01 Å². The molecule has 0 saturated carbocycles. The third-order valence-corrected chi connectivity index (χ3v) is 1.90. The Morgan fingerprint density at radius 2 is 2.36 bits per heavy atom. The highest BCUT2D eigenvalue weighted by Crippen LogP contribution is 2.14. The number of ether oxygens (including phenoxy) is 1. The van der Waals surface area contributed by atoms with Gasteiger partial charge >= 0.3 is 0 Å². The fourth-order valence-electron chi connectivity index (χ4n) is 1.37. The van der Waals surface area contributed by atoms with Crippen molar-refractivity contribution in [3.63, 3.8) is 0 Å². The van der Waals surface area contributed by atoms with Gasteiger partial charge in [-0.3, -0.25) is 9.80 Å². The van der Waals surface area contributed by atoms with E-state index in [2.05, 4.69) is 10.9 Å². The maximum absolute atomic E-state index is 11.5. The van der Waals surface area contributed by atoms with Gasteiger partial charge in [-0.05, 0) is 6.92 Å². The van der Waals surface area contributed by atoms with E-state index in [0.717, 1.165) is 5.70 Å². The molecule has 0 fully saturated rings. The van der Waals surface area contributed by atoms with Crippen molar-refractivity contribution in [1.29, 1.82) is 0 Å². The summed E-state index contributed by atoms with van der Waals surface area (Å²) in [4.78, 5) is 11.5. The molecule has 2 rings (SSSR count). The molecule has 0 aliphatic carbocycles. The molecular weight excluding hydrogens is 184 g/mol. The zero-order valence-corrected chi connectivity index (χ0v) is 8.07. The van der Waals surface area contributed by atoms with Crippen LogP contribution in [0.15, 0.2) is 23.8 Å². The quantitative estimate of drug-likeness (QED) is 0.621. The van der Waals surface area contributed by atoms with Crippen molar-refractivity contribution in [1.82, 2.24) is 20.9 Å². The van der Waals surface area contributed by atoms with Gasteiger partial charge in [0.2, 0.25) is 0 Å². The third kappa shape index (κ3) is 1.45. The lowest BCUT2D eigenvalue weighted by molar-refractivity contribution is -0.130. The number of carbonyl (C=O) groups is 1. The second-order valence-corrected chi connectivity index (χ2v) is 3.13. The number of allylic oxidation sites excluding steroid dienone is 1. The van der Waals surface area contributed by atoms with Crippen molar-refractivity contribution in [2.45, 2.75) is 6.92 Å². The van der Waals surface area contributed by atoms with Gasteiger partial charge in [0.15, 0.2) is 0 Å². The first-order valence-corrected chi connectivity index (χ1v) is 4.24. The number of nitrogens with one attached hydrogen (secondary N) is 2. The molecule has 76 valence electrons. The van der Waals surface area contributed by atoms with E-state index in [9.17, 15) is 4.79 Å². The molecule has 2 aliphatic heterocycles. The molecule has 0 unspecified atom stereocenters. The Bertz CT molecular complexity index is 323. The number of hydrazine groups is 2. The summed E-state index contributed by atoms with van der Waals surface area (Å²) >= 11 is 0. The topological polar surface area (TPSA) is 56.8 Å². The van der Waals surface area contributed by atoms with Gasteiger partial charge < -0.3 is 10.1 Å². The van der Waals surface area contributed by atoms with Crippen LogP contribution in [0.4, 0.5) is 0 Å². The van der Waals surface area contributed by atoms with Gasteiger partial charge in [-0.15, -0.1) is 5.53 Å². The Balaban J connectivity index is 2.14. The number of hydrogen-bond acceptors (Lipinski definition) is 5. The summed E-state index contributed by atoms with van der Waals surface area (Å²) in [6, 6.07) is 0. The van der Waals surface area contributed by atoms with Crippen LogP contribution in [0.2, 0.25) is 0 Å². The van der Waals surface area contributed by atoms with Gasteiger partial charge in [-0.2, -0.15) is 0 Å². The molecule has 2 heterocycles. The van der Waals surface area contributed by atoms with Crippen LogP contribution in [0, 0.1) is 0 Å². The Kier molecular flexibility index (Phi) is 2.14. The minimum atomic E-state index is -0.0916. The van der Waals surface area contributed by atoms with Crippen molar-refractivity contribution in [2.75, 3.05) is 13.8 Å². The molecule has 2 N–H and O–H groups in total. The van der Waals surface area contributed by atoms with Crippen LogP contribution in [0.3, 0.4) is 0 Å². The van der Waals surface area contributed by atoms with Crippen LogP contribution in [0.1, 0.15) is 6.92 Å². The van der Waals surface area contributed by atoms with E-state index >= 15 is 0 Å². The van der Waals surface area contributed by atoms with Gasteiger partial charge in [-0.1, -0.05) is 0 Å². The first kappa shape index (κ1) is 9.04. The van der Waals surface area contributed by atoms with E-state index in [1.807, 2.05) is 6.92 Å². The average Bonchev–Trinajstić information content (AvgIpc) is 2.48. The van der Waals surface area contributed by atoms with Crippen molar-refractivity contribution >= 4 is 5.91 Å². The first-order valence-electron chi connectivity index (χ1n) is 4.24. The lowest BCUT2D eigenvalue weighted by Gasteiger charge is -2.24. The van der Waals surface area contributed by atoms with Crippen LogP contribution in [-0.2, 0) is 9.53 Å². The fourth-order valence-corrected chi connectivity index (χ4v) is 1.37. The predicted molar refractivity (Wildman–Crippen MR) is 48.7 cm³/mol. The number of methoxy groups -OCH3 is 1. The molecule has 14 heavy (non-hydrogen) atoms. The molecular formula is C8H12N4O2. The number of amides is 1. The van der Waals surface area contributed by atoms with E-state index < -0.39 is 0 Å². The molecule has 6 nitrogen and oxygen atoms in total. The Hall–Kier alpha value is -1.53. The zero-order valence-electron chi connectivity index (χ0n) is 8.07. The minimum Gasteiger partial charge on any atom is -0.363 e. The van der Waals surface area contributed by atoms with E-state index in [1.54, 1.807) is 18.3 Å². The smallest absolute Gasteiger partial charge is 0.269 e. The molecule has 0 saturated heterocycles. The Labute approximate surface area is 81.7 Å². The summed E-state index contributed by atoms with van der Waals surface area (Å²) in [7, 11) is 1.59. The molecule has 1 amide bonds. The van der Waals surface area contributed by atoms with Crippen LogP contribution in [0.5, 0.6) is 0 Å². The van der Waals surface area contributed by atoms with E-state index in [4.69, 9.17) is 4.74 Å². The third-order valence-electron chi connectivity index (χ3n) is 1.90. The van der Waals surface area contributed by atoms with E-state index in [0.29, 0.717) is 12.6 Å². The molecule has 0 spiro atoms. The van der Waals surface area contributed by atoms with Crippen molar-refractivity contribution < 1.29 is 9.53 Å². The van der Waals surface area contributed by atoms with Crippen LogP contribution in [-0.4, -0.2) is 29.8 Å². The Morgan fingerprint density at radius 1 is 1.57 bits per heavy atom. The SMILES string of the molecule is COCN1C=C2NC(C)=CC(=O)N2N1. The Morgan fingerprint density at radius 3 is 3.07 bits per heavy atom. The summed E-state index contributed by atoms with van der Waals surface area (Å²) in [6.07, 6.45) is 3.30. The maximum atomic E-state index is 11.5. The monoisotopic (exact) mass is 196 g/mol. The van der Waals surface area contributed by atoms with Crippen molar-refractivity contribution in [2.24, 2.45) is 0 Å². The number of hydrogen-bond donors (Lipinski definition) is 2. The van der Waals surface area contributed by atoms with Crippen molar-refractivity contribution in [3.8, 4) is 0 Å². The highest BCUT2D eigenvalue weighted by molar-refractivity contribution is 5.90. The van der Waals surface area contributed by atoms with Gasteiger partial charge in [0, 0.05) is 18.9 Å². The molecule has 6 heteroatoms. The number of fused-ring (bicyclic) bond motifs is 1. The summed E-state index contributed by atoms with van der Waals surface area (Å²) < 4.78 is 4.93. The first-order chi connectivity index (χ1) is 6.70.